The van der Waals surface area contributed by atoms with E-state index in [-0.39, 0.29) is 34.3 Å². The summed E-state index contributed by atoms with van der Waals surface area (Å²) in [6, 6.07) is 0.979. The van der Waals surface area contributed by atoms with E-state index in [4.69, 9.17) is 0 Å². The fraction of sp³-hybridized carbons (Fsp3) is 0.381. The van der Waals surface area contributed by atoms with Crippen LogP contribution in [0.5, 0.6) is 0 Å². The highest BCUT2D eigenvalue weighted by atomic mass is 32.2. The number of pyridine rings is 1. The Morgan fingerprint density at radius 2 is 1.89 bits per heavy atom. The molecule has 0 radical (unpaired) electrons. The van der Waals surface area contributed by atoms with Gasteiger partial charge in [0.1, 0.15) is 35.1 Å². The Morgan fingerprint density at radius 1 is 1.14 bits per heavy atom. The van der Waals surface area contributed by atoms with E-state index in [0.29, 0.717) is 18.4 Å². The van der Waals surface area contributed by atoms with Crippen LogP contribution in [0.4, 0.5) is 24.8 Å². The third kappa shape index (κ3) is 4.39. The summed E-state index contributed by atoms with van der Waals surface area (Å²) in [5.41, 5.74) is 0.708. The van der Waals surface area contributed by atoms with Crippen LogP contribution in [0.2, 0.25) is 0 Å². The standard InChI is InChI=1S/C21H21F3N8O3S/c1-11(33)20-28-15-9-26-18(7-16(15)32(20)12(2)21(22,23)24)29-17-5-6-25-19(30-17)13-8-27-31(10-13)36(34,35)14-3-4-14/h5-12,14,33H,3-4H2,1-2H3,(H,25,26,29,30)/t11-,12+/m1/s1. The van der Waals surface area contributed by atoms with Gasteiger partial charge in [-0.1, -0.05) is 0 Å². The van der Waals surface area contributed by atoms with Gasteiger partial charge in [0.15, 0.2) is 5.82 Å². The third-order valence-electron chi connectivity index (χ3n) is 5.77. The molecule has 2 N–H and O–H groups in total. The smallest absolute Gasteiger partial charge is 0.385 e. The molecular weight excluding hydrogens is 501 g/mol. The first-order valence-corrected chi connectivity index (χ1v) is 12.5. The first-order chi connectivity index (χ1) is 16.9. The SMILES string of the molecule is C[C@H](n1c([C@@H](C)O)nc2cnc(Nc3ccnc(-c4cnn(S(=O)(=O)C5CC5)c4)n3)cc21)C(F)(F)F. The largest absolute Gasteiger partial charge is 0.408 e. The lowest BCUT2D eigenvalue weighted by Crippen LogP contribution is -2.25. The fourth-order valence-electron chi connectivity index (χ4n) is 3.71. The highest BCUT2D eigenvalue weighted by Gasteiger charge is 2.40. The van der Waals surface area contributed by atoms with E-state index in [2.05, 4.69) is 30.4 Å². The summed E-state index contributed by atoms with van der Waals surface area (Å²) in [4.78, 5) is 16.8. The number of nitrogens with zero attached hydrogens (tertiary/aromatic N) is 7. The second kappa shape index (κ2) is 8.51. The number of alkyl halides is 3. The Labute approximate surface area is 203 Å². The normalized spacial score (nSPS) is 16.3. The van der Waals surface area contributed by atoms with Crippen molar-refractivity contribution >= 4 is 32.7 Å². The average molecular weight is 523 g/mol. The number of aliphatic hydroxyl groups is 1. The molecule has 0 aromatic carbocycles. The van der Waals surface area contributed by atoms with Crippen LogP contribution in [-0.4, -0.2) is 58.6 Å². The molecule has 15 heteroatoms. The number of anilines is 2. The van der Waals surface area contributed by atoms with Gasteiger partial charge < -0.3 is 15.0 Å². The van der Waals surface area contributed by atoms with Crippen molar-refractivity contribution in [1.29, 1.82) is 0 Å². The van der Waals surface area contributed by atoms with Crippen molar-refractivity contribution < 1.29 is 26.7 Å². The Morgan fingerprint density at radius 3 is 2.56 bits per heavy atom. The predicted molar refractivity (Wildman–Crippen MR) is 123 cm³/mol. The molecule has 4 aromatic rings. The zero-order valence-electron chi connectivity index (χ0n) is 19.0. The predicted octanol–water partition coefficient (Wildman–Crippen LogP) is 3.35. The van der Waals surface area contributed by atoms with Crippen molar-refractivity contribution in [3.8, 4) is 11.4 Å². The average Bonchev–Trinajstić information content (AvgIpc) is 3.44. The minimum absolute atomic E-state index is 0.128. The summed E-state index contributed by atoms with van der Waals surface area (Å²) in [6.45, 7) is 2.33. The van der Waals surface area contributed by atoms with Gasteiger partial charge in [0, 0.05) is 12.3 Å². The maximum atomic E-state index is 13.5. The van der Waals surface area contributed by atoms with Crippen molar-refractivity contribution in [3.05, 3.63) is 42.7 Å². The van der Waals surface area contributed by atoms with E-state index in [9.17, 15) is 26.7 Å². The molecule has 0 aliphatic heterocycles. The number of hydrogen-bond acceptors (Lipinski definition) is 9. The molecule has 1 fully saturated rings. The Balaban J connectivity index is 1.46. The van der Waals surface area contributed by atoms with Gasteiger partial charge in [0.2, 0.25) is 0 Å². The number of hydrogen-bond donors (Lipinski definition) is 2. The summed E-state index contributed by atoms with van der Waals surface area (Å²) in [6.07, 6.45) is 0.841. The van der Waals surface area contributed by atoms with Gasteiger partial charge in [-0.2, -0.15) is 22.4 Å². The second-order valence-electron chi connectivity index (χ2n) is 8.53. The van der Waals surface area contributed by atoms with Crippen LogP contribution in [-0.2, 0) is 10.0 Å². The molecule has 2 atom stereocenters. The number of halogens is 3. The van der Waals surface area contributed by atoms with E-state index >= 15 is 0 Å². The first kappa shape index (κ1) is 24.1. The van der Waals surface area contributed by atoms with Crippen LogP contribution in [0, 0.1) is 0 Å². The summed E-state index contributed by atoms with van der Waals surface area (Å²) in [7, 11) is -3.54. The highest BCUT2D eigenvalue weighted by molar-refractivity contribution is 7.90. The Bertz CT molecular complexity index is 1540. The van der Waals surface area contributed by atoms with Gasteiger partial charge in [-0.3, -0.25) is 0 Å². The molecule has 0 amide bonds. The Kier molecular flexibility index (Phi) is 5.70. The van der Waals surface area contributed by atoms with Crippen molar-refractivity contribution in [2.45, 2.75) is 50.3 Å². The molecule has 36 heavy (non-hydrogen) atoms. The topological polar surface area (TPSA) is 141 Å². The van der Waals surface area contributed by atoms with Crippen LogP contribution in [0.25, 0.3) is 22.4 Å². The zero-order chi connectivity index (χ0) is 25.8. The lowest BCUT2D eigenvalue weighted by molar-refractivity contribution is -0.163. The van der Waals surface area contributed by atoms with E-state index < -0.39 is 33.6 Å². The minimum Gasteiger partial charge on any atom is -0.385 e. The summed E-state index contributed by atoms with van der Waals surface area (Å²) in [5.74, 6) is 0.531. The molecular formula is C21H21F3N8O3S. The van der Waals surface area contributed by atoms with Gasteiger partial charge in [0.25, 0.3) is 10.0 Å². The number of aliphatic hydroxyl groups excluding tert-OH is 1. The van der Waals surface area contributed by atoms with Gasteiger partial charge in [-0.15, -0.1) is 0 Å². The molecule has 0 saturated heterocycles. The van der Waals surface area contributed by atoms with Crippen LogP contribution in [0.15, 0.2) is 36.9 Å². The van der Waals surface area contributed by atoms with Crippen LogP contribution < -0.4 is 5.32 Å². The quantitative estimate of drug-likeness (QED) is 0.374. The maximum Gasteiger partial charge on any atom is 0.408 e. The van der Waals surface area contributed by atoms with Crippen LogP contribution in [0.1, 0.15) is 44.7 Å². The van der Waals surface area contributed by atoms with Crippen molar-refractivity contribution in [2.75, 3.05) is 5.32 Å². The summed E-state index contributed by atoms with van der Waals surface area (Å²) >= 11 is 0. The molecule has 0 bridgehead atoms. The Hall–Kier alpha value is -3.59. The maximum absolute atomic E-state index is 13.5. The molecule has 1 aliphatic carbocycles. The number of aromatic nitrogens is 7. The number of fused-ring (bicyclic) bond motifs is 1. The molecule has 190 valence electrons. The molecule has 5 rings (SSSR count). The lowest BCUT2D eigenvalue weighted by Gasteiger charge is -2.21. The zero-order valence-corrected chi connectivity index (χ0v) is 19.9. The van der Waals surface area contributed by atoms with Gasteiger partial charge in [-0.25, -0.2) is 28.4 Å². The molecule has 1 aliphatic rings. The van der Waals surface area contributed by atoms with Gasteiger partial charge >= 0.3 is 6.18 Å². The molecule has 1 saturated carbocycles. The van der Waals surface area contributed by atoms with Crippen molar-refractivity contribution in [1.82, 2.24) is 33.7 Å². The van der Waals surface area contributed by atoms with E-state index in [1.54, 1.807) is 0 Å². The number of nitrogens with one attached hydrogen (secondary N) is 1. The lowest BCUT2D eigenvalue weighted by atomic mass is 10.2. The highest BCUT2D eigenvalue weighted by Crippen LogP contribution is 2.36. The summed E-state index contributed by atoms with van der Waals surface area (Å²) in [5, 5.41) is 16.4. The molecule has 0 spiro atoms. The molecule has 4 aromatic heterocycles. The summed E-state index contributed by atoms with van der Waals surface area (Å²) < 4.78 is 67.2. The van der Waals surface area contributed by atoms with Crippen molar-refractivity contribution in [3.63, 3.8) is 0 Å². The molecule has 11 nitrogen and oxygen atoms in total. The van der Waals surface area contributed by atoms with E-state index in [1.807, 2.05) is 0 Å². The van der Waals surface area contributed by atoms with E-state index in [0.717, 1.165) is 15.6 Å². The monoisotopic (exact) mass is 522 g/mol. The minimum atomic E-state index is -4.56. The van der Waals surface area contributed by atoms with Crippen LogP contribution in [0.3, 0.4) is 0 Å². The second-order valence-corrected chi connectivity index (χ2v) is 10.6. The number of rotatable bonds is 7. The third-order valence-corrected chi connectivity index (χ3v) is 7.81. The van der Waals surface area contributed by atoms with Gasteiger partial charge in [-0.05, 0) is 32.8 Å². The molecule has 4 heterocycles. The van der Waals surface area contributed by atoms with Crippen molar-refractivity contribution in [2.24, 2.45) is 0 Å². The van der Waals surface area contributed by atoms with Gasteiger partial charge in [0.05, 0.1) is 34.9 Å². The molecule has 0 unspecified atom stereocenters. The van der Waals surface area contributed by atoms with Crippen LogP contribution >= 0.6 is 0 Å². The fourth-order valence-corrected chi connectivity index (χ4v) is 5.19. The first-order valence-electron chi connectivity index (χ1n) is 11.0. The van der Waals surface area contributed by atoms with E-state index in [1.165, 1.54) is 43.8 Å². The number of imidazole rings is 1.